The van der Waals surface area contributed by atoms with Crippen LogP contribution < -0.4 is 4.74 Å². The second-order valence-corrected chi connectivity index (χ2v) is 8.71. The summed E-state index contributed by atoms with van der Waals surface area (Å²) >= 11 is 6.02. The molecule has 0 radical (unpaired) electrons. The Morgan fingerprint density at radius 3 is 2.38 bits per heavy atom. The fourth-order valence-corrected chi connectivity index (χ4v) is 5.84. The molecule has 0 aliphatic heterocycles. The average Bonchev–Trinajstić information content (AvgIpc) is 2.50. The first kappa shape index (κ1) is 18.9. The Kier molecular flexibility index (Phi) is 9.52. The van der Waals surface area contributed by atoms with Crippen molar-refractivity contribution >= 4 is 35.3 Å². The summed E-state index contributed by atoms with van der Waals surface area (Å²) in [7, 11) is 1.60. The van der Waals surface area contributed by atoms with Crippen LogP contribution >= 0.6 is 35.3 Å². The van der Waals surface area contributed by atoms with E-state index in [1.807, 2.05) is 47.4 Å². The molecule has 21 heavy (non-hydrogen) atoms. The van der Waals surface area contributed by atoms with Crippen molar-refractivity contribution in [3.05, 3.63) is 23.8 Å². The highest BCUT2D eigenvalue weighted by Crippen LogP contribution is 2.42. The van der Waals surface area contributed by atoms with Crippen LogP contribution in [0.5, 0.6) is 11.5 Å². The van der Waals surface area contributed by atoms with Crippen LogP contribution in [0.1, 0.15) is 31.6 Å². The number of methoxy groups -OCH3 is 1. The number of phenols is 1. The lowest BCUT2D eigenvalue weighted by Gasteiger charge is -2.26. The standard InChI is InChI=1S/C16H26O2S3/c1-5-19-11-15(20-6-2)16(21-7-3)12-8-9-13(17)14(10-12)18-4/h8-10,15-17H,5-7,11H2,1-4H3/t15-,16+/m0/s1. The van der Waals surface area contributed by atoms with Crippen molar-refractivity contribution in [1.82, 2.24) is 0 Å². The van der Waals surface area contributed by atoms with Crippen molar-refractivity contribution < 1.29 is 9.84 Å². The summed E-state index contributed by atoms with van der Waals surface area (Å²) in [5, 5.41) is 10.8. The molecule has 0 saturated carbocycles. The lowest BCUT2D eigenvalue weighted by molar-refractivity contribution is 0.373. The van der Waals surface area contributed by atoms with E-state index < -0.39 is 0 Å². The van der Waals surface area contributed by atoms with Crippen molar-refractivity contribution in [2.24, 2.45) is 0 Å². The number of hydrogen-bond donors (Lipinski definition) is 1. The molecule has 120 valence electrons. The molecule has 0 aliphatic carbocycles. The summed E-state index contributed by atoms with van der Waals surface area (Å²) in [6.45, 7) is 6.64. The predicted molar refractivity (Wildman–Crippen MR) is 100 cm³/mol. The first-order valence-corrected chi connectivity index (χ1v) is 10.6. The van der Waals surface area contributed by atoms with Crippen LogP contribution in [0.2, 0.25) is 0 Å². The Morgan fingerprint density at radius 2 is 1.81 bits per heavy atom. The Hall–Kier alpha value is -0.130. The van der Waals surface area contributed by atoms with Gasteiger partial charge in [-0.2, -0.15) is 35.3 Å². The number of hydrogen-bond acceptors (Lipinski definition) is 5. The van der Waals surface area contributed by atoms with Gasteiger partial charge in [0.2, 0.25) is 0 Å². The quantitative estimate of drug-likeness (QED) is 0.639. The van der Waals surface area contributed by atoms with Gasteiger partial charge in [-0.25, -0.2) is 0 Å². The second-order valence-electron chi connectivity index (χ2n) is 4.46. The minimum atomic E-state index is 0.212. The van der Waals surface area contributed by atoms with E-state index in [1.54, 1.807) is 13.2 Å². The van der Waals surface area contributed by atoms with Gasteiger partial charge < -0.3 is 9.84 Å². The lowest BCUT2D eigenvalue weighted by atomic mass is 10.1. The van der Waals surface area contributed by atoms with E-state index in [2.05, 4.69) is 20.8 Å². The highest BCUT2D eigenvalue weighted by Gasteiger charge is 2.24. The van der Waals surface area contributed by atoms with Gasteiger partial charge in [-0.15, -0.1) is 0 Å². The van der Waals surface area contributed by atoms with E-state index in [0.717, 1.165) is 23.0 Å². The molecule has 2 atom stereocenters. The van der Waals surface area contributed by atoms with Gasteiger partial charge in [0.1, 0.15) is 0 Å². The summed E-state index contributed by atoms with van der Waals surface area (Å²) in [6, 6.07) is 5.77. The van der Waals surface area contributed by atoms with Crippen molar-refractivity contribution in [2.45, 2.75) is 31.3 Å². The van der Waals surface area contributed by atoms with Crippen molar-refractivity contribution in [1.29, 1.82) is 0 Å². The van der Waals surface area contributed by atoms with Crippen LogP contribution in [0.25, 0.3) is 0 Å². The molecule has 0 aliphatic rings. The Labute approximate surface area is 141 Å². The zero-order valence-electron chi connectivity index (χ0n) is 13.3. The summed E-state index contributed by atoms with van der Waals surface area (Å²) < 4.78 is 5.26. The van der Waals surface area contributed by atoms with E-state index in [4.69, 9.17) is 4.74 Å². The molecule has 5 heteroatoms. The van der Waals surface area contributed by atoms with Crippen LogP contribution in [0.4, 0.5) is 0 Å². The highest BCUT2D eigenvalue weighted by atomic mass is 32.2. The van der Waals surface area contributed by atoms with Gasteiger partial charge in [0.05, 0.1) is 7.11 Å². The molecule has 0 unspecified atom stereocenters. The maximum absolute atomic E-state index is 9.79. The summed E-state index contributed by atoms with van der Waals surface area (Å²) in [6.07, 6.45) is 0. The number of benzene rings is 1. The van der Waals surface area contributed by atoms with Crippen LogP contribution in [0.3, 0.4) is 0 Å². The van der Waals surface area contributed by atoms with Crippen LogP contribution in [0.15, 0.2) is 18.2 Å². The maximum Gasteiger partial charge on any atom is 0.160 e. The number of rotatable bonds is 10. The van der Waals surface area contributed by atoms with Gasteiger partial charge in [-0.1, -0.05) is 26.8 Å². The van der Waals surface area contributed by atoms with E-state index in [-0.39, 0.29) is 5.75 Å². The molecule has 0 fully saturated rings. The SMILES string of the molecule is CCSC[C@H](SCC)[C@H](SCC)c1ccc(O)c(OC)c1. The molecule has 1 rings (SSSR count). The van der Waals surface area contributed by atoms with Crippen LogP contribution in [-0.2, 0) is 0 Å². The van der Waals surface area contributed by atoms with Crippen LogP contribution in [0, 0.1) is 0 Å². The lowest BCUT2D eigenvalue weighted by Crippen LogP contribution is -2.17. The largest absolute Gasteiger partial charge is 0.504 e. The Balaban J connectivity index is 3.01. The van der Waals surface area contributed by atoms with E-state index in [9.17, 15) is 5.11 Å². The molecule has 0 bridgehead atoms. The molecule has 1 aromatic rings. The third kappa shape index (κ3) is 5.87. The van der Waals surface area contributed by atoms with E-state index >= 15 is 0 Å². The minimum absolute atomic E-state index is 0.212. The third-order valence-electron chi connectivity index (χ3n) is 3.08. The number of thioether (sulfide) groups is 3. The molecule has 0 spiro atoms. The van der Waals surface area contributed by atoms with Gasteiger partial charge >= 0.3 is 0 Å². The molecule has 1 aromatic carbocycles. The highest BCUT2D eigenvalue weighted by molar-refractivity contribution is 8.05. The number of ether oxygens (including phenoxy) is 1. The summed E-state index contributed by atoms with van der Waals surface area (Å²) in [5.74, 6) is 5.32. The molecular formula is C16H26O2S3. The van der Waals surface area contributed by atoms with Crippen LogP contribution in [-0.4, -0.2) is 40.5 Å². The zero-order valence-corrected chi connectivity index (χ0v) is 15.7. The van der Waals surface area contributed by atoms with Gasteiger partial charge in [0, 0.05) is 16.3 Å². The average molecular weight is 347 g/mol. The van der Waals surface area contributed by atoms with Gasteiger partial charge in [0.25, 0.3) is 0 Å². The van der Waals surface area contributed by atoms with Crippen molar-refractivity contribution in [2.75, 3.05) is 30.1 Å². The molecule has 0 heterocycles. The monoisotopic (exact) mass is 346 g/mol. The van der Waals surface area contributed by atoms with Crippen molar-refractivity contribution in [3.8, 4) is 11.5 Å². The van der Waals surface area contributed by atoms with E-state index in [0.29, 0.717) is 16.2 Å². The third-order valence-corrected chi connectivity index (χ3v) is 6.96. The van der Waals surface area contributed by atoms with Gasteiger partial charge in [-0.3, -0.25) is 0 Å². The minimum Gasteiger partial charge on any atom is -0.504 e. The van der Waals surface area contributed by atoms with Gasteiger partial charge in [-0.05, 0) is 35.0 Å². The molecule has 2 nitrogen and oxygen atoms in total. The number of phenolic OH excluding ortho intramolecular Hbond substituents is 1. The fourth-order valence-electron chi connectivity index (χ4n) is 2.14. The normalized spacial score (nSPS) is 13.9. The summed E-state index contributed by atoms with van der Waals surface area (Å²) in [4.78, 5) is 0. The first-order chi connectivity index (χ1) is 10.2. The first-order valence-electron chi connectivity index (χ1n) is 7.35. The predicted octanol–water partition coefficient (Wildman–Crippen LogP) is 5.07. The topological polar surface area (TPSA) is 29.5 Å². The summed E-state index contributed by atoms with van der Waals surface area (Å²) in [5.41, 5.74) is 1.25. The molecule has 1 N–H and O–H groups in total. The van der Waals surface area contributed by atoms with Gasteiger partial charge in [0.15, 0.2) is 11.5 Å². The Morgan fingerprint density at radius 1 is 1.10 bits per heavy atom. The molecular weight excluding hydrogens is 320 g/mol. The fraction of sp³-hybridized carbons (Fsp3) is 0.625. The Bertz CT molecular complexity index is 413. The molecule has 0 amide bonds. The van der Waals surface area contributed by atoms with E-state index in [1.165, 1.54) is 5.56 Å². The molecule has 0 aromatic heterocycles. The zero-order chi connectivity index (χ0) is 15.7. The second kappa shape index (κ2) is 10.6. The smallest absolute Gasteiger partial charge is 0.160 e. The maximum atomic E-state index is 9.79. The number of aromatic hydroxyl groups is 1. The van der Waals surface area contributed by atoms with Crippen molar-refractivity contribution in [3.63, 3.8) is 0 Å². The molecule has 0 saturated heterocycles.